The van der Waals surface area contributed by atoms with Crippen molar-refractivity contribution in [2.75, 3.05) is 17.7 Å². The molecule has 1 aromatic carbocycles. The summed E-state index contributed by atoms with van der Waals surface area (Å²) in [5.74, 6) is 0.0737. The van der Waals surface area contributed by atoms with Gasteiger partial charge in [-0.2, -0.15) is 0 Å². The molecule has 0 unspecified atom stereocenters. The number of benzene rings is 1. The topological polar surface area (TPSA) is 21.3 Å². The fourth-order valence-corrected chi connectivity index (χ4v) is 1.63. The number of alkyl halides is 4. The van der Waals surface area contributed by atoms with Gasteiger partial charge in [0.15, 0.2) is 5.75 Å². The Labute approximate surface area is 116 Å². The van der Waals surface area contributed by atoms with Crippen LogP contribution < -0.4 is 10.1 Å². The monoisotopic (exact) mass is 343 g/mol. The lowest BCUT2D eigenvalue weighted by atomic mass is 10.3. The van der Waals surface area contributed by atoms with E-state index in [1.165, 1.54) is 12.1 Å². The van der Waals surface area contributed by atoms with Crippen LogP contribution in [-0.2, 0) is 0 Å². The third kappa shape index (κ3) is 5.64. The zero-order valence-electron chi connectivity index (χ0n) is 9.10. The first-order chi connectivity index (χ1) is 8.42. The molecule has 1 rings (SSSR count). The fourth-order valence-electron chi connectivity index (χ4n) is 1.17. The predicted octanol–water partition coefficient (Wildman–Crippen LogP) is 4.55. The minimum Gasteiger partial charge on any atom is -0.404 e. The van der Waals surface area contributed by atoms with Crippen molar-refractivity contribution in [1.82, 2.24) is 0 Å². The van der Waals surface area contributed by atoms with Crippen molar-refractivity contribution in [2.45, 2.75) is 6.36 Å². The SMILES string of the molecule is FC(F)(F)Oc1cc(Br)ccc1NC/C=C/CCl. The van der Waals surface area contributed by atoms with Gasteiger partial charge in [0, 0.05) is 16.9 Å². The summed E-state index contributed by atoms with van der Waals surface area (Å²) in [6, 6.07) is 4.37. The summed E-state index contributed by atoms with van der Waals surface area (Å²) in [4.78, 5) is 0. The lowest BCUT2D eigenvalue weighted by molar-refractivity contribution is -0.274. The molecular formula is C11H10BrClF3NO. The average molecular weight is 345 g/mol. The minimum atomic E-state index is -4.72. The van der Waals surface area contributed by atoms with Crippen molar-refractivity contribution in [1.29, 1.82) is 0 Å². The van der Waals surface area contributed by atoms with Gasteiger partial charge in [0.1, 0.15) is 0 Å². The largest absolute Gasteiger partial charge is 0.573 e. The van der Waals surface area contributed by atoms with E-state index >= 15 is 0 Å². The van der Waals surface area contributed by atoms with Gasteiger partial charge in [-0.3, -0.25) is 0 Å². The van der Waals surface area contributed by atoms with Crippen LogP contribution in [0.3, 0.4) is 0 Å². The summed E-state index contributed by atoms with van der Waals surface area (Å²) in [5, 5.41) is 2.81. The molecule has 0 aliphatic carbocycles. The van der Waals surface area contributed by atoms with E-state index in [0.29, 0.717) is 16.9 Å². The van der Waals surface area contributed by atoms with Gasteiger partial charge in [0.05, 0.1) is 5.69 Å². The Balaban J connectivity index is 2.79. The molecule has 0 amide bonds. The van der Waals surface area contributed by atoms with Crippen LogP contribution in [0.1, 0.15) is 0 Å². The Morgan fingerprint density at radius 3 is 2.67 bits per heavy atom. The number of rotatable bonds is 5. The third-order valence-electron chi connectivity index (χ3n) is 1.84. The number of hydrogen-bond acceptors (Lipinski definition) is 2. The van der Waals surface area contributed by atoms with Crippen LogP contribution in [0, 0.1) is 0 Å². The van der Waals surface area contributed by atoms with Crippen molar-refractivity contribution in [3.8, 4) is 5.75 Å². The second-order valence-corrected chi connectivity index (χ2v) is 4.42. The fraction of sp³-hybridized carbons (Fsp3) is 0.273. The van der Waals surface area contributed by atoms with Crippen molar-refractivity contribution < 1.29 is 17.9 Å². The number of anilines is 1. The average Bonchev–Trinajstić information content (AvgIpc) is 2.24. The van der Waals surface area contributed by atoms with Gasteiger partial charge >= 0.3 is 6.36 Å². The molecule has 1 N–H and O–H groups in total. The highest BCUT2D eigenvalue weighted by atomic mass is 79.9. The van der Waals surface area contributed by atoms with Crippen LogP contribution >= 0.6 is 27.5 Å². The smallest absolute Gasteiger partial charge is 0.404 e. The maximum Gasteiger partial charge on any atom is 0.573 e. The van der Waals surface area contributed by atoms with E-state index in [0.717, 1.165) is 0 Å². The second-order valence-electron chi connectivity index (χ2n) is 3.19. The summed E-state index contributed by atoms with van der Waals surface area (Å²) in [6.07, 6.45) is -1.31. The molecule has 0 aromatic heterocycles. The van der Waals surface area contributed by atoms with E-state index in [4.69, 9.17) is 11.6 Å². The highest BCUT2D eigenvalue weighted by Gasteiger charge is 2.32. The molecule has 0 spiro atoms. The predicted molar refractivity (Wildman–Crippen MR) is 69.2 cm³/mol. The lowest BCUT2D eigenvalue weighted by Gasteiger charge is -2.14. The zero-order chi connectivity index (χ0) is 13.6. The molecule has 0 radical (unpaired) electrons. The number of hydrogen-bond donors (Lipinski definition) is 1. The molecule has 0 atom stereocenters. The molecule has 0 heterocycles. The van der Waals surface area contributed by atoms with E-state index in [1.54, 1.807) is 18.2 Å². The molecule has 100 valence electrons. The first-order valence-corrected chi connectivity index (χ1v) is 6.25. The maximum absolute atomic E-state index is 12.2. The molecule has 1 aromatic rings. The highest BCUT2D eigenvalue weighted by molar-refractivity contribution is 9.10. The number of halogens is 5. The van der Waals surface area contributed by atoms with Gasteiger partial charge < -0.3 is 10.1 Å². The molecule has 0 saturated carbocycles. The quantitative estimate of drug-likeness (QED) is 0.625. The second kappa shape index (κ2) is 6.89. The Bertz CT molecular complexity index is 423. The normalized spacial score (nSPS) is 11.8. The Hall–Kier alpha value is -0.880. The molecule has 0 aliphatic rings. The first kappa shape index (κ1) is 15.2. The van der Waals surface area contributed by atoms with Crippen LogP contribution in [0.2, 0.25) is 0 Å². The van der Waals surface area contributed by atoms with E-state index in [-0.39, 0.29) is 11.4 Å². The van der Waals surface area contributed by atoms with Gasteiger partial charge in [-0.05, 0) is 18.2 Å². The molecule has 2 nitrogen and oxygen atoms in total. The maximum atomic E-state index is 12.2. The molecule has 0 fully saturated rings. The van der Waals surface area contributed by atoms with Crippen LogP contribution in [0.4, 0.5) is 18.9 Å². The van der Waals surface area contributed by atoms with Gasteiger partial charge in [0.2, 0.25) is 0 Å². The van der Waals surface area contributed by atoms with Crippen molar-refractivity contribution in [3.63, 3.8) is 0 Å². The summed E-state index contributed by atoms with van der Waals surface area (Å²) < 4.78 is 41.0. The Morgan fingerprint density at radius 1 is 1.33 bits per heavy atom. The van der Waals surface area contributed by atoms with Gasteiger partial charge in [-0.1, -0.05) is 28.1 Å². The number of ether oxygens (including phenoxy) is 1. The summed E-state index contributed by atoms with van der Waals surface area (Å²) >= 11 is 8.52. The summed E-state index contributed by atoms with van der Waals surface area (Å²) in [5.41, 5.74) is 0.259. The minimum absolute atomic E-state index is 0.259. The molecular weight excluding hydrogens is 334 g/mol. The van der Waals surface area contributed by atoms with Gasteiger partial charge in [-0.25, -0.2) is 0 Å². The van der Waals surface area contributed by atoms with Gasteiger partial charge in [-0.15, -0.1) is 24.8 Å². The third-order valence-corrected chi connectivity index (χ3v) is 2.51. The lowest BCUT2D eigenvalue weighted by Crippen LogP contribution is -2.18. The van der Waals surface area contributed by atoms with E-state index in [1.807, 2.05) is 0 Å². The van der Waals surface area contributed by atoms with Crippen molar-refractivity contribution >= 4 is 33.2 Å². The molecule has 0 aliphatic heterocycles. The number of nitrogens with one attached hydrogen (secondary N) is 1. The van der Waals surface area contributed by atoms with Crippen LogP contribution in [0.25, 0.3) is 0 Å². The van der Waals surface area contributed by atoms with Crippen LogP contribution in [0.5, 0.6) is 5.75 Å². The molecule has 18 heavy (non-hydrogen) atoms. The Morgan fingerprint density at radius 2 is 2.06 bits per heavy atom. The van der Waals surface area contributed by atoms with Gasteiger partial charge in [0.25, 0.3) is 0 Å². The van der Waals surface area contributed by atoms with Crippen LogP contribution in [-0.4, -0.2) is 18.8 Å². The summed E-state index contributed by atoms with van der Waals surface area (Å²) in [6.45, 7) is 0.364. The number of allylic oxidation sites excluding steroid dienone is 1. The first-order valence-electron chi connectivity index (χ1n) is 4.92. The molecule has 0 saturated heterocycles. The van der Waals surface area contributed by atoms with Crippen molar-refractivity contribution in [2.24, 2.45) is 0 Å². The van der Waals surface area contributed by atoms with E-state index < -0.39 is 6.36 Å². The summed E-state index contributed by atoms with van der Waals surface area (Å²) in [7, 11) is 0. The molecule has 7 heteroatoms. The highest BCUT2D eigenvalue weighted by Crippen LogP contribution is 2.32. The Kier molecular flexibility index (Phi) is 5.81. The zero-order valence-corrected chi connectivity index (χ0v) is 11.4. The van der Waals surface area contributed by atoms with E-state index in [9.17, 15) is 13.2 Å². The standard InChI is InChI=1S/C11H10BrClF3NO/c12-8-3-4-9(17-6-2-1-5-13)10(7-8)18-11(14,15)16/h1-4,7,17H,5-6H2/b2-1+. The van der Waals surface area contributed by atoms with Crippen molar-refractivity contribution in [3.05, 3.63) is 34.8 Å². The van der Waals surface area contributed by atoms with E-state index in [2.05, 4.69) is 26.0 Å². The molecule has 0 bridgehead atoms. The van der Waals surface area contributed by atoms with Crippen LogP contribution in [0.15, 0.2) is 34.8 Å².